The average Bonchev–Trinajstić information content (AvgIpc) is 2.73. The van der Waals surface area contributed by atoms with Crippen LogP contribution >= 0.6 is 0 Å². The SMILES string of the molecule is O=[N+]([O-])c1ccc2c(N=Nc3ccc4ccccc4c3O)c(O)cc(S(=O)(=O)[O-])c2c1.[Na+]. The summed E-state index contributed by atoms with van der Waals surface area (Å²) in [5.41, 5.74) is -0.586. The van der Waals surface area contributed by atoms with Gasteiger partial charge in [0, 0.05) is 34.4 Å². The van der Waals surface area contributed by atoms with Gasteiger partial charge in [0.05, 0.1) is 9.82 Å². The molecule has 0 amide bonds. The Morgan fingerprint density at radius 3 is 2.28 bits per heavy atom. The Hall–Kier alpha value is -3.09. The number of aromatic hydroxyl groups is 2. The van der Waals surface area contributed by atoms with Gasteiger partial charge in [0.15, 0.2) is 5.75 Å². The van der Waals surface area contributed by atoms with Crippen LogP contribution in [0.5, 0.6) is 11.5 Å². The van der Waals surface area contributed by atoms with Gasteiger partial charge >= 0.3 is 29.6 Å². The van der Waals surface area contributed by atoms with Crippen LogP contribution < -0.4 is 29.6 Å². The number of nitrogens with zero attached hydrogens (tertiary/aromatic N) is 3. The van der Waals surface area contributed by atoms with Crippen LogP contribution in [0, 0.1) is 10.1 Å². The van der Waals surface area contributed by atoms with E-state index in [1.807, 2.05) is 0 Å². The van der Waals surface area contributed by atoms with Crippen LogP contribution in [0.25, 0.3) is 21.5 Å². The molecule has 0 spiro atoms. The van der Waals surface area contributed by atoms with Crippen LogP contribution in [0.3, 0.4) is 0 Å². The van der Waals surface area contributed by atoms with Gasteiger partial charge in [-0.2, -0.15) is 0 Å². The molecule has 0 saturated carbocycles. The molecular weight excluding hydrogens is 449 g/mol. The molecular formula is C20H12N3NaO7S. The molecule has 0 saturated heterocycles. The second-order valence-corrected chi connectivity index (χ2v) is 7.89. The van der Waals surface area contributed by atoms with E-state index < -0.39 is 31.4 Å². The van der Waals surface area contributed by atoms with Crippen LogP contribution in [-0.4, -0.2) is 28.1 Å². The first-order valence-electron chi connectivity index (χ1n) is 8.69. The summed E-state index contributed by atoms with van der Waals surface area (Å²) in [6.45, 7) is 0. The summed E-state index contributed by atoms with van der Waals surface area (Å²) in [6, 6.07) is 14.0. The zero-order valence-corrected chi connectivity index (χ0v) is 19.3. The van der Waals surface area contributed by atoms with Crippen molar-refractivity contribution in [3.63, 3.8) is 0 Å². The Bertz CT molecular complexity index is 1520. The van der Waals surface area contributed by atoms with E-state index in [1.54, 1.807) is 30.3 Å². The van der Waals surface area contributed by atoms with Gasteiger partial charge in [-0.1, -0.05) is 30.3 Å². The largest absolute Gasteiger partial charge is 1.00 e. The standard InChI is InChI=1S/C20H13N3O7S.Na/c24-17-10-18(31(28,29)30)15-9-12(23(26)27)6-7-14(15)19(17)22-21-16-8-5-11-3-1-2-4-13(11)20(16)25;/h1-10,24-25H,(H,28,29,30);/q;+1/p-1. The van der Waals surface area contributed by atoms with Gasteiger partial charge in [0.1, 0.15) is 27.2 Å². The summed E-state index contributed by atoms with van der Waals surface area (Å²) < 4.78 is 34.8. The number of phenolic OH excluding ortho intramolecular Hbond substituents is 2. The summed E-state index contributed by atoms with van der Waals surface area (Å²) in [6.07, 6.45) is 0. The number of fused-ring (bicyclic) bond motifs is 2. The van der Waals surface area contributed by atoms with E-state index in [2.05, 4.69) is 10.2 Å². The third kappa shape index (κ3) is 4.29. The van der Waals surface area contributed by atoms with E-state index in [9.17, 15) is 33.3 Å². The minimum atomic E-state index is -5.05. The van der Waals surface area contributed by atoms with E-state index in [1.165, 1.54) is 6.07 Å². The first-order valence-corrected chi connectivity index (χ1v) is 10.1. The Balaban J connectivity index is 0.00000289. The van der Waals surface area contributed by atoms with Crippen molar-refractivity contribution in [1.29, 1.82) is 0 Å². The first kappa shape index (κ1) is 23.6. The average molecular weight is 461 g/mol. The maximum atomic E-state index is 11.6. The Labute approximate surface area is 203 Å². The minimum Gasteiger partial charge on any atom is -0.744 e. The maximum Gasteiger partial charge on any atom is 1.00 e. The number of rotatable bonds is 4. The molecule has 12 heteroatoms. The topological polar surface area (TPSA) is 166 Å². The van der Waals surface area contributed by atoms with Gasteiger partial charge in [-0.3, -0.25) is 10.1 Å². The summed E-state index contributed by atoms with van der Waals surface area (Å²) in [7, 11) is -5.05. The van der Waals surface area contributed by atoms with Gasteiger partial charge in [0.25, 0.3) is 5.69 Å². The van der Waals surface area contributed by atoms with Crippen LogP contribution in [0.1, 0.15) is 0 Å². The van der Waals surface area contributed by atoms with Crippen LogP contribution in [0.4, 0.5) is 17.1 Å². The van der Waals surface area contributed by atoms with E-state index in [4.69, 9.17) is 0 Å². The fourth-order valence-electron chi connectivity index (χ4n) is 3.20. The van der Waals surface area contributed by atoms with Crippen molar-refractivity contribution in [3.8, 4) is 11.5 Å². The zero-order chi connectivity index (χ0) is 22.3. The van der Waals surface area contributed by atoms with Crippen molar-refractivity contribution >= 4 is 48.7 Å². The molecule has 0 bridgehead atoms. The third-order valence-corrected chi connectivity index (χ3v) is 5.53. The van der Waals surface area contributed by atoms with Crippen molar-refractivity contribution in [3.05, 3.63) is 70.8 Å². The van der Waals surface area contributed by atoms with Crippen molar-refractivity contribution in [2.45, 2.75) is 4.90 Å². The predicted octanol–water partition coefficient (Wildman–Crippen LogP) is 1.64. The molecule has 2 N–H and O–H groups in total. The van der Waals surface area contributed by atoms with Gasteiger partial charge in [0.2, 0.25) is 0 Å². The monoisotopic (exact) mass is 461 g/mol. The van der Waals surface area contributed by atoms with Crippen molar-refractivity contribution in [2.24, 2.45) is 10.2 Å². The maximum absolute atomic E-state index is 11.6. The normalized spacial score (nSPS) is 11.7. The summed E-state index contributed by atoms with van der Waals surface area (Å²) in [4.78, 5) is 9.50. The molecule has 0 atom stereocenters. The molecule has 4 aromatic carbocycles. The molecule has 0 aliphatic heterocycles. The molecule has 0 aliphatic carbocycles. The third-order valence-electron chi connectivity index (χ3n) is 4.65. The number of nitro benzene ring substituents is 1. The van der Waals surface area contributed by atoms with Crippen molar-refractivity contribution < 1.29 is 57.7 Å². The molecule has 4 rings (SSSR count). The Morgan fingerprint density at radius 2 is 1.59 bits per heavy atom. The van der Waals surface area contributed by atoms with Gasteiger partial charge in [-0.25, -0.2) is 8.42 Å². The molecule has 0 unspecified atom stereocenters. The smallest absolute Gasteiger partial charge is 0.744 e. The molecule has 0 fully saturated rings. The van der Waals surface area contributed by atoms with Crippen LogP contribution in [-0.2, 0) is 10.1 Å². The van der Waals surface area contributed by atoms with Crippen molar-refractivity contribution in [2.75, 3.05) is 0 Å². The van der Waals surface area contributed by atoms with E-state index in [0.29, 0.717) is 11.5 Å². The fraction of sp³-hybridized carbons (Fsp3) is 0. The predicted molar refractivity (Wildman–Crippen MR) is 110 cm³/mol. The van der Waals surface area contributed by atoms with E-state index in [-0.39, 0.29) is 57.5 Å². The van der Waals surface area contributed by atoms with Crippen LogP contribution in [0.15, 0.2) is 75.8 Å². The minimum absolute atomic E-state index is 0. The van der Waals surface area contributed by atoms with E-state index >= 15 is 0 Å². The number of nitro groups is 1. The first-order chi connectivity index (χ1) is 14.7. The number of non-ortho nitro benzene ring substituents is 1. The molecule has 156 valence electrons. The Morgan fingerprint density at radius 1 is 0.875 bits per heavy atom. The number of phenols is 2. The molecule has 10 nitrogen and oxygen atoms in total. The van der Waals surface area contributed by atoms with Gasteiger partial charge in [-0.15, -0.1) is 10.2 Å². The summed E-state index contributed by atoms with van der Waals surface area (Å²) in [5.74, 6) is -0.820. The summed E-state index contributed by atoms with van der Waals surface area (Å²) >= 11 is 0. The second-order valence-electron chi connectivity index (χ2n) is 6.54. The molecule has 0 aromatic heterocycles. The number of azo groups is 1. The second kappa shape index (κ2) is 8.81. The molecule has 0 radical (unpaired) electrons. The molecule has 0 aliphatic rings. The van der Waals surface area contributed by atoms with Crippen LogP contribution in [0.2, 0.25) is 0 Å². The molecule has 4 aromatic rings. The Kier molecular flexibility index (Phi) is 6.49. The van der Waals surface area contributed by atoms with Crippen molar-refractivity contribution in [1.82, 2.24) is 0 Å². The molecule has 32 heavy (non-hydrogen) atoms. The quantitative estimate of drug-likeness (QED) is 0.153. The summed E-state index contributed by atoms with van der Waals surface area (Å²) in [5, 5.41) is 40.6. The van der Waals surface area contributed by atoms with E-state index in [0.717, 1.165) is 23.6 Å². The fourth-order valence-corrected chi connectivity index (χ4v) is 3.90. The van der Waals surface area contributed by atoms with Gasteiger partial charge in [-0.05, 0) is 17.5 Å². The zero-order valence-electron chi connectivity index (χ0n) is 16.5. The number of benzene rings is 4. The van der Waals surface area contributed by atoms with Gasteiger partial charge < -0.3 is 14.8 Å². The number of hydrogen-bond donors (Lipinski definition) is 2. The molecule has 0 heterocycles. The number of hydrogen-bond acceptors (Lipinski definition) is 9.